The van der Waals surface area contributed by atoms with Crippen LogP contribution in [-0.4, -0.2) is 75.9 Å². The molecule has 0 rings (SSSR count). The van der Waals surface area contributed by atoms with E-state index in [-0.39, 0.29) is 0 Å². The quantitative estimate of drug-likeness (QED) is 0.517. The molecule has 0 radical (unpaired) electrons. The van der Waals surface area contributed by atoms with Crippen LogP contribution >= 0.6 is 0 Å². The highest BCUT2D eigenvalue weighted by molar-refractivity contribution is 4.60. The van der Waals surface area contributed by atoms with Gasteiger partial charge in [-0.05, 0) is 19.6 Å². The van der Waals surface area contributed by atoms with Crippen molar-refractivity contribution in [1.82, 2.24) is 15.1 Å². The van der Waals surface area contributed by atoms with E-state index in [4.69, 9.17) is 4.74 Å². The average Bonchev–Trinajstić information content (AvgIpc) is 2.37. The first-order chi connectivity index (χ1) is 8.28. The van der Waals surface area contributed by atoms with Crippen LogP contribution in [0.1, 0.15) is 20.8 Å². The summed E-state index contributed by atoms with van der Waals surface area (Å²) < 4.78 is 5.09. The molecule has 1 N–H and O–H groups in total. The van der Waals surface area contributed by atoms with Gasteiger partial charge in [-0.1, -0.05) is 20.8 Å². The van der Waals surface area contributed by atoms with Crippen LogP contribution in [-0.2, 0) is 4.74 Å². The number of nitrogens with one attached hydrogen (secondary N) is 1. The third-order valence-electron chi connectivity index (χ3n) is 3.16. The Labute approximate surface area is 107 Å². The van der Waals surface area contributed by atoms with Gasteiger partial charge in [0.05, 0.1) is 6.61 Å². The second kappa shape index (κ2) is 12.3. The van der Waals surface area contributed by atoms with Crippen LogP contribution < -0.4 is 5.32 Å². The zero-order valence-corrected chi connectivity index (χ0v) is 12.2. The van der Waals surface area contributed by atoms with Gasteiger partial charge in [0.1, 0.15) is 0 Å². The predicted molar refractivity (Wildman–Crippen MR) is 74.6 cm³/mol. The lowest BCUT2D eigenvalue weighted by molar-refractivity contribution is 0.151. The number of hydrogen-bond acceptors (Lipinski definition) is 4. The van der Waals surface area contributed by atoms with Gasteiger partial charge in [0.15, 0.2) is 0 Å². The Morgan fingerprint density at radius 3 is 1.82 bits per heavy atom. The largest absolute Gasteiger partial charge is 0.383 e. The third kappa shape index (κ3) is 9.53. The normalized spacial score (nSPS) is 11.6. The lowest BCUT2D eigenvalue weighted by Crippen LogP contribution is -2.37. The zero-order valence-electron chi connectivity index (χ0n) is 12.2. The van der Waals surface area contributed by atoms with E-state index in [1.807, 2.05) is 0 Å². The van der Waals surface area contributed by atoms with Crippen LogP contribution in [0, 0.1) is 0 Å². The number of ether oxygens (including phenoxy) is 1. The van der Waals surface area contributed by atoms with Crippen molar-refractivity contribution in [2.24, 2.45) is 0 Å². The molecular formula is C13H31N3O. The lowest BCUT2D eigenvalue weighted by Gasteiger charge is -2.21. The van der Waals surface area contributed by atoms with Gasteiger partial charge in [0, 0.05) is 39.8 Å². The standard InChI is InChI=1S/C13H31N3O/c1-5-15(6-2)10-8-14-9-11-16(7-3)12-13-17-4/h14H,5-13H2,1-4H3. The maximum atomic E-state index is 5.09. The molecule has 0 heterocycles. The summed E-state index contributed by atoms with van der Waals surface area (Å²) in [4.78, 5) is 4.85. The third-order valence-corrected chi connectivity index (χ3v) is 3.16. The van der Waals surface area contributed by atoms with Gasteiger partial charge < -0.3 is 19.9 Å². The summed E-state index contributed by atoms with van der Waals surface area (Å²) in [7, 11) is 1.76. The van der Waals surface area contributed by atoms with E-state index < -0.39 is 0 Å². The minimum absolute atomic E-state index is 0.827. The predicted octanol–water partition coefficient (Wildman–Crippen LogP) is 0.886. The monoisotopic (exact) mass is 245 g/mol. The van der Waals surface area contributed by atoms with E-state index in [9.17, 15) is 0 Å². The molecule has 104 valence electrons. The van der Waals surface area contributed by atoms with Crippen LogP contribution in [0.4, 0.5) is 0 Å². The molecule has 0 spiro atoms. The maximum absolute atomic E-state index is 5.09. The van der Waals surface area contributed by atoms with Crippen molar-refractivity contribution in [2.75, 3.05) is 66.1 Å². The van der Waals surface area contributed by atoms with Gasteiger partial charge in [-0.15, -0.1) is 0 Å². The molecular weight excluding hydrogens is 214 g/mol. The lowest BCUT2D eigenvalue weighted by atomic mass is 10.4. The maximum Gasteiger partial charge on any atom is 0.0589 e. The molecule has 4 heteroatoms. The van der Waals surface area contributed by atoms with Crippen molar-refractivity contribution in [3.05, 3.63) is 0 Å². The first-order valence-corrected chi connectivity index (χ1v) is 6.92. The van der Waals surface area contributed by atoms with Crippen molar-refractivity contribution in [3.8, 4) is 0 Å². The van der Waals surface area contributed by atoms with Crippen molar-refractivity contribution in [3.63, 3.8) is 0 Å². The fourth-order valence-corrected chi connectivity index (χ4v) is 1.79. The van der Waals surface area contributed by atoms with Crippen LogP contribution in [0.25, 0.3) is 0 Å². The minimum atomic E-state index is 0.827. The summed E-state index contributed by atoms with van der Waals surface area (Å²) in [5.74, 6) is 0. The summed E-state index contributed by atoms with van der Waals surface area (Å²) in [6.07, 6.45) is 0. The molecule has 0 aromatic rings. The number of likely N-dealkylation sites (N-methyl/N-ethyl adjacent to an activating group) is 2. The summed E-state index contributed by atoms with van der Waals surface area (Å²) in [5.41, 5.74) is 0. The van der Waals surface area contributed by atoms with Crippen LogP contribution in [0.15, 0.2) is 0 Å². The molecule has 0 aliphatic rings. The number of hydrogen-bond donors (Lipinski definition) is 1. The first-order valence-electron chi connectivity index (χ1n) is 6.92. The van der Waals surface area contributed by atoms with E-state index >= 15 is 0 Å². The van der Waals surface area contributed by atoms with Crippen molar-refractivity contribution >= 4 is 0 Å². The highest BCUT2D eigenvalue weighted by atomic mass is 16.5. The summed E-state index contributed by atoms with van der Waals surface area (Å²) >= 11 is 0. The van der Waals surface area contributed by atoms with E-state index in [2.05, 4.69) is 35.9 Å². The zero-order chi connectivity index (χ0) is 12.9. The first kappa shape index (κ1) is 16.8. The Hall–Kier alpha value is -0.160. The molecule has 0 saturated carbocycles. The fraction of sp³-hybridized carbons (Fsp3) is 1.00. The van der Waals surface area contributed by atoms with E-state index in [0.717, 1.165) is 59.0 Å². The molecule has 17 heavy (non-hydrogen) atoms. The SMILES string of the molecule is CCN(CC)CCNCCN(CC)CCOC. The Morgan fingerprint density at radius 1 is 0.824 bits per heavy atom. The van der Waals surface area contributed by atoms with Gasteiger partial charge in [-0.3, -0.25) is 0 Å². The number of methoxy groups -OCH3 is 1. The number of rotatable bonds is 12. The molecule has 0 aliphatic carbocycles. The van der Waals surface area contributed by atoms with Gasteiger partial charge in [0.2, 0.25) is 0 Å². The van der Waals surface area contributed by atoms with E-state index in [0.29, 0.717) is 0 Å². The smallest absolute Gasteiger partial charge is 0.0589 e. The summed E-state index contributed by atoms with van der Waals surface area (Å²) in [6, 6.07) is 0. The van der Waals surface area contributed by atoms with Crippen molar-refractivity contribution in [1.29, 1.82) is 0 Å². The summed E-state index contributed by atoms with van der Waals surface area (Å²) in [5, 5.41) is 3.50. The Kier molecular flexibility index (Phi) is 12.2. The highest BCUT2D eigenvalue weighted by Crippen LogP contribution is 1.87. The van der Waals surface area contributed by atoms with E-state index in [1.54, 1.807) is 7.11 Å². The average molecular weight is 245 g/mol. The molecule has 0 bridgehead atoms. The number of nitrogens with zero attached hydrogens (tertiary/aromatic N) is 2. The molecule has 0 aromatic heterocycles. The van der Waals surface area contributed by atoms with Crippen LogP contribution in [0.2, 0.25) is 0 Å². The molecule has 0 atom stereocenters. The Morgan fingerprint density at radius 2 is 1.35 bits per heavy atom. The Balaban J connectivity index is 3.41. The van der Waals surface area contributed by atoms with Crippen molar-refractivity contribution in [2.45, 2.75) is 20.8 Å². The summed E-state index contributed by atoms with van der Waals surface area (Å²) in [6.45, 7) is 16.3. The fourth-order valence-electron chi connectivity index (χ4n) is 1.79. The molecule has 0 fully saturated rings. The van der Waals surface area contributed by atoms with Crippen molar-refractivity contribution < 1.29 is 4.74 Å². The molecule has 4 nitrogen and oxygen atoms in total. The molecule has 0 aliphatic heterocycles. The van der Waals surface area contributed by atoms with Crippen LogP contribution in [0.3, 0.4) is 0 Å². The highest BCUT2D eigenvalue weighted by Gasteiger charge is 2.01. The van der Waals surface area contributed by atoms with Gasteiger partial charge in [-0.2, -0.15) is 0 Å². The molecule has 0 amide bonds. The van der Waals surface area contributed by atoms with E-state index in [1.165, 1.54) is 0 Å². The van der Waals surface area contributed by atoms with Gasteiger partial charge in [-0.25, -0.2) is 0 Å². The second-order valence-corrected chi connectivity index (χ2v) is 4.20. The van der Waals surface area contributed by atoms with Gasteiger partial charge >= 0.3 is 0 Å². The molecule has 0 saturated heterocycles. The second-order valence-electron chi connectivity index (χ2n) is 4.20. The van der Waals surface area contributed by atoms with Gasteiger partial charge in [0.25, 0.3) is 0 Å². The molecule has 0 unspecified atom stereocenters. The topological polar surface area (TPSA) is 27.7 Å². The van der Waals surface area contributed by atoms with Crippen LogP contribution in [0.5, 0.6) is 0 Å². The Bertz CT molecular complexity index is 152. The molecule has 0 aromatic carbocycles. The minimum Gasteiger partial charge on any atom is -0.383 e.